The molecule has 5 fully saturated rings. The van der Waals surface area contributed by atoms with Gasteiger partial charge in [0.15, 0.2) is 11.5 Å². The van der Waals surface area contributed by atoms with Crippen LogP contribution in [0.2, 0.25) is 0 Å². The highest BCUT2D eigenvalue weighted by molar-refractivity contribution is 6.01. The van der Waals surface area contributed by atoms with E-state index in [9.17, 15) is 38.4 Å². The maximum atomic E-state index is 16.1. The first kappa shape index (κ1) is 64.7. The molecule has 92 heavy (non-hydrogen) atoms. The molecule has 5 saturated heterocycles. The van der Waals surface area contributed by atoms with E-state index in [-0.39, 0.29) is 79.2 Å². The Morgan fingerprint density at radius 3 is 1.99 bits per heavy atom. The summed E-state index contributed by atoms with van der Waals surface area (Å²) in [5.41, 5.74) is 10.0. The molecule has 0 aliphatic carbocycles. The normalized spacial score (nSPS) is 17.5. The third-order valence-electron chi connectivity index (χ3n) is 19.2. The number of likely N-dealkylation sites (tertiary alicyclic amines) is 4. The maximum absolute atomic E-state index is 16.1. The number of ether oxygens (including phenoxy) is 1. The summed E-state index contributed by atoms with van der Waals surface area (Å²) >= 11 is 0. The molecule has 0 radical (unpaired) electrons. The molecule has 24 nitrogen and oxygen atoms in total. The summed E-state index contributed by atoms with van der Waals surface area (Å²) in [6.07, 6.45) is 12.7. The minimum Gasteiger partial charge on any atom is -0.468 e. The van der Waals surface area contributed by atoms with Crippen molar-refractivity contribution in [2.75, 3.05) is 102 Å². The van der Waals surface area contributed by atoms with Crippen molar-refractivity contribution in [1.29, 1.82) is 0 Å². The number of halogens is 1. The predicted molar refractivity (Wildman–Crippen MR) is 343 cm³/mol. The van der Waals surface area contributed by atoms with Crippen molar-refractivity contribution < 1.29 is 47.5 Å². The summed E-state index contributed by atoms with van der Waals surface area (Å²) in [5, 5.41) is 18.3. The second kappa shape index (κ2) is 29.2. The maximum Gasteiger partial charge on any atom is 0.325 e. The minimum absolute atomic E-state index is 0.00280. The van der Waals surface area contributed by atoms with Crippen LogP contribution in [0.1, 0.15) is 136 Å². The number of carbonyl (C=O) groups excluding carboxylic acids is 8. The van der Waals surface area contributed by atoms with Gasteiger partial charge in [0.05, 0.1) is 42.8 Å². The highest BCUT2D eigenvalue weighted by Crippen LogP contribution is 2.38. The number of benzene rings is 3. The third-order valence-corrected chi connectivity index (χ3v) is 19.2. The smallest absolute Gasteiger partial charge is 0.325 e. The Balaban J connectivity index is 0.590. The van der Waals surface area contributed by atoms with Gasteiger partial charge in [-0.25, -0.2) is 19.0 Å². The molecule has 5 N–H and O–H groups in total. The summed E-state index contributed by atoms with van der Waals surface area (Å²) in [4.78, 5) is 123. The first-order valence-electron chi connectivity index (χ1n) is 32.6. The van der Waals surface area contributed by atoms with Gasteiger partial charge in [-0.15, -0.1) is 0 Å². The fourth-order valence-corrected chi connectivity index (χ4v) is 13.9. The summed E-state index contributed by atoms with van der Waals surface area (Å²) in [6.45, 7) is 11.1. The Labute approximate surface area is 534 Å². The number of aromatic nitrogens is 6. The monoisotopic (exact) mass is 1260 g/mol. The van der Waals surface area contributed by atoms with E-state index >= 15 is 4.39 Å². The third kappa shape index (κ3) is 15.0. The van der Waals surface area contributed by atoms with Gasteiger partial charge >= 0.3 is 5.97 Å². The highest BCUT2D eigenvalue weighted by Gasteiger charge is 2.36. The van der Waals surface area contributed by atoms with E-state index in [2.05, 4.69) is 52.7 Å². The lowest BCUT2D eigenvalue weighted by molar-refractivity contribution is -0.144. The van der Waals surface area contributed by atoms with Gasteiger partial charge < -0.3 is 50.9 Å². The SMILES string of the molecule is COC(=O)CNC(=O)CNC(=O)Cn1nc(C(C)C)c2c(-c3cc4c(cnn4C(=O)CCC(=O)N4CCC(CN5CCC(C(=O)N6CCC(C(=O)N7CCC(c8ccc(Nc9nc(N%10CCCCC%10)cnc9C(N)=O)cc8)CC7)CC6)CC5)CC4)cc3F)cccc21. The first-order valence-corrected chi connectivity index (χ1v) is 32.6. The van der Waals surface area contributed by atoms with Crippen molar-refractivity contribution in [3.05, 3.63) is 89.8 Å². The fourth-order valence-electron chi connectivity index (χ4n) is 13.9. The molecule has 488 valence electrons. The number of nitrogens with two attached hydrogens (primary N) is 1. The van der Waals surface area contributed by atoms with Gasteiger partial charge in [-0.3, -0.25) is 43.0 Å². The number of carbonyl (C=O) groups is 8. The van der Waals surface area contributed by atoms with E-state index < -0.39 is 35.4 Å². The minimum atomic E-state index is -0.639. The van der Waals surface area contributed by atoms with E-state index in [0.717, 1.165) is 95.6 Å². The Bertz CT molecular complexity index is 3700. The molecule has 3 aromatic carbocycles. The van der Waals surface area contributed by atoms with Crippen LogP contribution in [-0.4, -0.2) is 189 Å². The number of nitrogens with zero attached hydrogens (tertiary/aromatic N) is 11. The molecule has 0 atom stereocenters. The molecule has 0 saturated carbocycles. The number of amides is 6. The van der Waals surface area contributed by atoms with Gasteiger partial charge in [0.1, 0.15) is 24.7 Å². The largest absolute Gasteiger partial charge is 0.468 e. The summed E-state index contributed by atoms with van der Waals surface area (Å²) in [6, 6.07) is 16.4. The molecule has 6 amide bonds. The number of methoxy groups -OCH3 is 1. The summed E-state index contributed by atoms with van der Waals surface area (Å²) < 4.78 is 23.4. The number of piperidine rings is 5. The Hall–Kier alpha value is -8.87. The quantitative estimate of drug-likeness (QED) is 0.0605. The second-order valence-electron chi connectivity index (χ2n) is 25.6. The number of hydrogen-bond acceptors (Lipinski definition) is 16. The molecule has 11 rings (SSSR count). The number of fused-ring (bicyclic) bond motifs is 2. The number of primary amides is 1. The molecule has 5 aliphatic rings. The first-order chi connectivity index (χ1) is 44.5. The zero-order chi connectivity index (χ0) is 64.6. The number of anilines is 3. The van der Waals surface area contributed by atoms with Crippen LogP contribution in [0.25, 0.3) is 32.9 Å². The molecule has 6 aromatic rings. The van der Waals surface area contributed by atoms with Crippen LogP contribution < -0.4 is 26.6 Å². The number of rotatable bonds is 20. The van der Waals surface area contributed by atoms with Crippen LogP contribution in [-0.2, 0) is 40.0 Å². The molecule has 25 heteroatoms. The summed E-state index contributed by atoms with van der Waals surface area (Å²) in [7, 11) is 1.20. The molecular weight excluding hydrogens is 1180 g/mol. The molecular formula is C67H84FN15O9. The van der Waals surface area contributed by atoms with Crippen molar-refractivity contribution in [3.8, 4) is 11.1 Å². The van der Waals surface area contributed by atoms with E-state index in [4.69, 9.17) is 15.8 Å². The zero-order valence-electron chi connectivity index (χ0n) is 52.9. The van der Waals surface area contributed by atoms with Gasteiger partial charge in [-0.2, -0.15) is 10.2 Å². The molecule has 3 aromatic heterocycles. The van der Waals surface area contributed by atoms with Crippen LogP contribution in [0, 0.1) is 23.6 Å². The van der Waals surface area contributed by atoms with Crippen LogP contribution in [0.3, 0.4) is 0 Å². The molecule has 0 spiro atoms. The van der Waals surface area contributed by atoms with Crippen molar-refractivity contribution in [1.82, 2.24) is 59.8 Å². The van der Waals surface area contributed by atoms with E-state index in [1.807, 2.05) is 40.7 Å². The number of hydrogen-bond donors (Lipinski definition) is 4. The van der Waals surface area contributed by atoms with E-state index in [1.165, 1.54) is 40.7 Å². The lowest BCUT2D eigenvalue weighted by Gasteiger charge is -2.40. The van der Waals surface area contributed by atoms with Crippen LogP contribution in [0.5, 0.6) is 0 Å². The van der Waals surface area contributed by atoms with Gasteiger partial charge in [0.2, 0.25) is 35.4 Å². The van der Waals surface area contributed by atoms with Crippen molar-refractivity contribution >= 4 is 86.4 Å². The fraction of sp³-hybridized carbons (Fsp3) is 0.522. The van der Waals surface area contributed by atoms with Crippen molar-refractivity contribution in [2.24, 2.45) is 23.5 Å². The van der Waals surface area contributed by atoms with E-state index in [1.54, 1.807) is 30.5 Å². The lowest BCUT2D eigenvalue weighted by atomic mass is 9.87. The Kier molecular flexibility index (Phi) is 20.5. The molecule has 0 unspecified atom stereocenters. The average molecular weight is 1260 g/mol. The van der Waals surface area contributed by atoms with Gasteiger partial charge in [-0.05, 0) is 143 Å². The second-order valence-corrected chi connectivity index (χ2v) is 25.6. The lowest BCUT2D eigenvalue weighted by Crippen LogP contribution is -2.49. The Morgan fingerprint density at radius 2 is 1.33 bits per heavy atom. The predicted octanol–water partition coefficient (Wildman–Crippen LogP) is 6.36. The van der Waals surface area contributed by atoms with Crippen LogP contribution in [0.4, 0.5) is 21.7 Å². The Morgan fingerprint density at radius 1 is 0.685 bits per heavy atom. The van der Waals surface area contributed by atoms with Crippen LogP contribution >= 0.6 is 0 Å². The number of nitrogens with one attached hydrogen (secondary N) is 3. The average Bonchev–Trinajstić information content (AvgIpc) is 1.57. The highest BCUT2D eigenvalue weighted by atomic mass is 19.1. The molecule has 0 bridgehead atoms. The zero-order valence-corrected chi connectivity index (χ0v) is 52.9. The molecule has 5 aliphatic heterocycles. The standard InChI is InChI=1S/C67H84FN15O9/c1-42(2)62-61-50(8-7-9-53(61)82(76-62)41-57(85)70-38-56(84)71-39-60(88)92-3)51-35-54-48(34-52(51)68)36-73-83(54)59(87)15-14-58(86)79-28-16-43(17-29-79)40-77-26-18-46(19-27-77)66(90)81-32-22-47(23-33-81)67(91)80-30-20-45(21-31-80)44-10-12-49(13-11-44)74-65-63(64(69)89)72-37-55(75-65)78-24-5-4-6-25-78/h7-13,34-37,42-43,45-47H,4-6,14-33,38-41H2,1-3H3,(H2,69,89)(H,70,85)(H,71,84)(H,74,75). The van der Waals surface area contributed by atoms with Gasteiger partial charge in [0.25, 0.3) is 5.91 Å². The topological polar surface area (TPSA) is 286 Å². The molecule has 8 heterocycles. The van der Waals surface area contributed by atoms with Gasteiger partial charge in [0, 0.05) is 106 Å². The van der Waals surface area contributed by atoms with Gasteiger partial charge in [-0.1, -0.05) is 38.1 Å². The van der Waals surface area contributed by atoms with Crippen molar-refractivity contribution in [2.45, 2.75) is 116 Å². The van der Waals surface area contributed by atoms with E-state index in [0.29, 0.717) is 103 Å². The number of esters is 1. The summed E-state index contributed by atoms with van der Waals surface area (Å²) in [5.74, 6) is -1.42. The van der Waals surface area contributed by atoms with Crippen molar-refractivity contribution in [3.63, 3.8) is 0 Å². The van der Waals surface area contributed by atoms with Crippen LogP contribution in [0.15, 0.2) is 67.0 Å².